The van der Waals surface area contributed by atoms with E-state index in [2.05, 4.69) is 9.72 Å². The highest BCUT2D eigenvalue weighted by atomic mass is 19.1. The fraction of sp³-hybridized carbons (Fsp3) is 0.176. The van der Waals surface area contributed by atoms with E-state index in [0.717, 1.165) is 16.5 Å². The average molecular weight is 314 g/mol. The van der Waals surface area contributed by atoms with Crippen LogP contribution in [0.5, 0.6) is 0 Å². The van der Waals surface area contributed by atoms with E-state index in [1.54, 1.807) is 18.3 Å². The minimum absolute atomic E-state index is 0.113. The number of carbonyl (C=O) groups is 1. The maximum atomic E-state index is 13.0. The maximum Gasteiger partial charge on any atom is 0.357 e. The van der Waals surface area contributed by atoms with Crippen molar-refractivity contribution >= 4 is 16.9 Å². The topological polar surface area (TPSA) is 64.3 Å². The molecule has 118 valence electrons. The average Bonchev–Trinajstić information content (AvgIpc) is 2.98. The second kappa shape index (κ2) is 6.18. The summed E-state index contributed by atoms with van der Waals surface area (Å²) in [4.78, 5) is 15.9. The number of carbonyl (C=O) groups excluding carboxylic acids is 1. The Morgan fingerprint density at radius 2 is 2.04 bits per heavy atom. The molecule has 0 bridgehead atoms. The number of ether oxygens (including phenoxy) is 1. The molecule has 0 fully saturated rings. The Hall–Kier alpha value is -2.73. The molecule has 0 saturated heterocycles. The Morgan fingerprint density at radius 3 is 2.70 bits per heavy atom. The molecule has 1 aromatic carbocycles. The lowest BCUT2D eigenvalue weighted by molar-refractivity contribution is 0.0590. The number of fused-ring (bicyclic) bond motifs is 1. The van der Waals surface area contributed by atoms with Crippen LogP contribution in [0.15, 0.2) is 42.7 Å². The second-order valence-corrected chi connectivity index (χ2v) is 5.10. The highest BCUT2D eigenvalue weighted by molar-refractivity contribution is 5.95. The molecular formula is C17H15FN2O3. The molecular weight excluding hydrogens is 299 g/mol. The van der Waals surface area contributed by atoms with Crippen molar-refractivity contribution in [1.29, 1.82) is 0 Å². The van der Waals surface area contributed by atoms with E-state index < -0.39 is 5.97 Å². The number of pyridine rings is 1. The van der Waals surface area contributed by atoms with E-state index in [1.165, 1.54) is 19.2 Å². The Balaban J connectivity index is 2.04. The molecule has 0 atom stereocenters. The van der Waals surface area contributed by atoms with Gasteiger partial charge in [-0.3, -0.25) is 0 Å². The normalized spacial score (nSPS) is 10.9. The number of hydrogen-bond donors (Lipinski definition) is 1. The number of hydrogen-bond acceptors (Lipinski definition) is 4. The van der Waals surface area contributed by atoms with Crippen LogP contribution in [0, 0.1) is 5.82 Å². The molecule has 0 saturated carbocycles. The molecule has 1 N–H and O–H groups in total. The molecule has 0 radical (unpaired) electrons. The van der Waals surface area contributed by atoms with E-state index in [4.69, 9.17) is 0 Å². The Bertz CT molecular complexity index is 856. The van der Waals surface area contributed by atoms with Crippen LogP contribution >= 0.6 is 0 Å². The van der Waals surface area contributed by atoms with E-state index >= 15 is 0 Å². The van der Waals surface area contributed by atoms with Crippen LogP contribution in [0.1, 0.15) is 21.6 Å². The summed E-state index contributed by atoms with van der Waals surface area (Å²) in [6.07, 6.45) is 3.42. The van der Waals surface area contributed by atoms with Gasteiger partial charge in [-0.05, 0) is 23.8 Å². The number of esters is 1. The molecule has 2 aromatic heterocycles. The third-order valence-corrected chi connectivity index (χ3v) is 3.74. The van der Waals surface area contributed by atoms with Crippen LogP contribution in [0.4, 0.5) is 4.39 Å². The lowest BCUT2D eigenvalue weighted by atomic mass is 10.1. The summed E-state index contributed by atoms with van der Waals surface area (Å²) in [5, 5.41) is 10.3. The number of nitrogens with zero attached hydrogens (tertiary/aromatic N) is 2. The second-order valence-electron chi connectivity index (χ2n) is 5.10. The van der Waals surface area contributed by atoms with E-state index in [9.17, 15) is 14.3 Å². The third-order valence-electron chi connectivity index (χ3n) is 3.74. The van der Waals surface area contributed by atoms with Gasteiger partial charge in [-0.2, -0.15) is 0 Å². The minimum Gasteiger partial charge on any atom is -0.464 e. The van der Waals surface area contributed by atoms with Gasteiger partial charge in [0.25, 0.3) is 0 Å². The van der Waals surface area contributed by atoms with Gasteiger partial charge in [0.15, 0.2) is 5.69 Å². The molecule has 5 nitrogen and oxygen atoms in total. The largest absolute Gasteiger partial charge is 0.464 e. The molecule has 23 heavy (non-hydrogen) atoms. The van der Waals surface area contributed by atoms with Crippen LogP contribution in [0.2, 0.25) is 0 Å². The van der Waals surface area contributed by atoms with Crippen molar-refractivity contribution in [2.24, 2.45) is 0 Å². The van der Waals surface area contributed by atoms with Gasteiger partial charge in [0.05, 0.1) is 25.4 Å². The highest BCUT2D eigenvalue weighted by Crippen LogP contribution is 2.23. The molecule has 0 aliphatic carbocycles. The lowest BCUT2D eigenvalue weighted by Crippen LogP contribution is -2.09. The summed E-state index contributed by atoms with van der Waals surface area (Å²) in [7, 11) is 1.27. The first-order chi connectivity index (χ1) is 11.1. The zero-order valence-corrected chi connectivity index (χ0v) is 12.5. The number of aliphatic hydroxyl groups is 1. The van der Waals surface area contributed by atoms with Crippen LogP contribution < -0.4 is 0 Å². The number of aliphatic hydroxyl groups excluding tert-OH is 1. The summed E-state index contributed by atoms with van der Waals surface area (Å²) in [5.74, 6) is -0.861. The summed E-state index contributed by atoms with van der Waals surface area (Å²) in [6.45, 7) is 0.225. The number of rotatable bonds is 4. The van der Waals surface area contributed by atoms with E-state index in [-0.39, 0.29) is 18.1 Å². The lowest BCUT2D eigenvalue weighted by Gasteiger charge is -2.09. The molecule has 0 unspecified atom stereocenters. The third kappa shape index (κ3) is 2.80. The van der Waals surface area contributed by atoms with Crippen molar-refractivity contribution in [3.05, 3.63) is 65.4 Å². The monoisotopic (exact) mass is 314 g/mol. The summed E-state index contributed by atoms with van der Waals surface area (Å²) >= 11 is 0. The Kier molecular flexibility index (Phi) is 4.08. The zero-order valence-electron chi connectivity index (χ0n) is 12.5. The Morgan fingerprint density at radius 1 is 1.30 bits per heavy atom. The smallest absolute Gasteiger partial charge is 0.357 e. The molecule has 0 aliphatic heterocycles. The number of halogens is 1. The minimum atomic E-state index is -0.581. The quantitative estimate of drug-likeness (QED) is 0.752. The van der Waals surface area contributed by atoms with Gasteiger partial charge < -0.3 is 14.4 Å². The standard InChI is InChI=1S/C17H15FN2O3/c1-23-17(22)16-14(10-21)13-6-7-20(15(13)8-19-16)9-11-2-4-12(18)5-3-11/h2-8,21H,9-10H2,1H3. The van der Waals surface area contributed by atoms with E-state index in [1.807, 2.05) is 16.8 Å². The molecule has 0 spiro atoms. The predicted octanol–water partition coefficient (Wildman–Crippen LogP) is 2.50. The van der Waals surface area contributed by atoms with Crippen molar-refractivity contribution in [3.63, 3.8) is 0 Å². The first-order valence-corrected chi connectivity index (χ1v) is 7.04. The molecule has 0 amide bonds. The zero-order chi connectivity index (χ0) is 16.4. The van der Waals surface area contributed by atoms with Crippen molar-refractivity contribution in [2.45, 2.75) is 13.2 Å². The molecule has 2 heterocycles. The number of methoxy groups -OCH3 is 1. The fourth-order valence-corrected chi connectivity index (χ4v) is 2.57. The summed E-state index contributed by atoms with van der Waals surface area (Å²) in [5.41, 5.74) is 2.27. The van der Waals surface area contributed by atoms with Crippen molar-refractivity contribution in [2.75, 3.05) is 7.11 Å². The van der Waals surface area contributed by atoms with Gasteiger partial charge >= 0.3 is 5.97 Å². The fourth-order valence-electron chi connectivity index (χ4n) is 2.57. The molecule has 6 heteroatoms. The van der Waals surface area contributed by atoms with Gasteiger partial charge in [0, 0.05) is 23.7 Å². The predicted molar refractivity (Wildman–Crippen MR) is 82.5 cm³/mol. The number of benzene rings is 1. The van der Waals surface area contributed by atoms with Crippen LogP contribution in [-0.4, -0.2) is 27.7 Å². The number of aromatic nitrogens is 2. The SMILES string of the molecule is COC(=O)c1ncc2c(ccn2Cc2ccc(F)cc2)c1CO. The molecule has 0 aliphatic rings. The van der Waals surface area contributed by atoms with Crippen LogP contribution in [0.3, 0.4) is 0 Å². The Labute approximate surface area is 132 Å². The van der Waals surface area contributed by atoms with E-state index in [0.29, 0.717) is 12.1 Å². The van der Waals surface area contributed by atoms with Gasteiger partial charge in [-0.25, -0.2) is 14.2 Å². The van der Waals surface area contributed by atoms with Crippen LogP contribution in [-0.2, 0) is 17.9 Å². The molecule has 3 rings (SSSR count). The van der Waals surface area contributed by atoms with Gasteiger partial charge in [-0.1, -0.05) is 12.1 Å². The first kappa shape index (κ1) is 15.2. The van der Waals surface area contributed by atoms with Gasteiger partial charge in [-0.15, -0.1) is 0 Å². The van der Waals surface area contributed by atoms with Gasteiger partial charge in [0.2, 0.25) is 0 Å². The van der Waals surface area contributed by atoms with Crippen molar-refractivity contribution in [3.8, 4) is 0 Å². The van der Waals surface area contributed by atoms with Crippen molar-refractivity contribution < 1.29 is 19.0 Å². The van der Waals surface area contributed by atoms with Crippen molar-refractivity contribution in [1.82, 2.24) is 9.55 Å². The first-order valence-electron chi connectivity index (χ1n) is 7.04. The molecule has 3 aromatic rings. The maximum absolute atomic E-state index is 13.0. The summed E-state index contributed by atoms with van der Waals surface area (Å²) < 4.78 is 19.6. The van der Waals surface area contributed by atoms with Gasteiger partial charge in [0.1, 0.15) is 5.82 Å². The summed E-state index contributed by atoms with van der Waals surface area (Å²) in [6, 6.07) is 8.06. The highest BCUT2D eigenvalue weighted by Gasteiger charge is 2.17. The van der Waals surface area contributed by atoms with Crippen LogP contribution in [0.25, 0.3) is 10.9 Å².